The van der Waals surface area contributed by atoms with Gasteiger partial charge in [-0.1, -0.05) is 11.3 Å². The van der Waals surface area contributed by atoms with Crippen LogP contribution >= 0.6 is 11.3 Å². The third-order valence-electron chi connectivity index (χ3n) is 4.17. The first-order valence-corrected chi connectivity index (χ1v) is 9.45. The predicted octanol–water partition coefficient (Wildman–Crippen LogP) is 2.97. The van der Waals surface area contributed by atoms with E-state index in [1.807, 2.05) is 13.8 Å². The second-order valence-electron chi connectivity index (χ2n) is 6.55. The second kappa shape index (κ2) is 8.27. The summed E-state index contributed by atoms with van der Waals surface area (Å²) in [6.07, 6.45) is 0.127. The minimum absolute atomic E-state index is 0.0203. The highest BCUT2D eigenvalue weighted by molar-refractivity contribution is 7.14. The van der Waals surface area contributed by atoms with E-state index in [4.69, 9.17) is 9.47 Å². The monoisotopic (exact) mass is 411 g/mol. The molecule has 0 bridgehead atoms. The maximum Gasteiger partial charge on any atom is 0.303 e. The molecule has 0 saturated carbocycles. The molecular weight excluding hydrogens is 392 g/mol. The van der Waals surface area contributed by atoms with Gasteiger partial charge in [0.2, 0.25) is 0 Å². The minimum atomic E-state index is -1.11. The van der Waals surface area contributed by atoms with Crippen LogP contribution in [0.25, 0.3) is 10.6 Å². The molecule has 1 aliphatic heterocycles. The van der Waals surface area contributed by atoms with Gasteiger partial charge in [-0.05, 0) is 19.9 Å². The molecule has 0 amide bonds. The highest BCUT2D eigenvalue weighted by Gasteiger charge is 2.29. The number of hydrogen-bond acceptors (Lipinski definition) is 8. The van der Waals surface area contributed by atoms with E-state index >= 15 is 0 Å². The van der Waals surface area contributed by atoms with Crippen molar-refractivity contribution in [3.05, 3.63) is 28.3 Å². The summed E-state index contributed by atoms with van der Waals surface area (Å²) in [7, 11) is 0. The number of nitrogens with zero attached hydrogens (tertiary/aromatic N) is 3. The zero-order valence-corrected chi connectivity index (χ0v) is 16.4. The molecule has 1 aromatic carbocycles. The molecule has 0 aliphatic carbocycles. The molecule has 3 rings (SSSR count). The van der Waals surface area contributed by atoms with Crippen LogP contribution in [-0.4, -0.2) is 47.8 Å². The summed E-state index contributed by atoms with van der Waals surface area (Å²) in [6.45, 7) is 5.48. The summed E-state index contributed by atoms with van der Waals surface area (Å²) < 4.78 is 40.2. The van der Waals surface area contributed by atoms with Crippen LogP contribution in [0, 0.1) is 11.6 Å². The van der Waals surface area contributed by atoms with Crippen LogP contribution in [-0.2, 0) is 20.9 Å². The fourth-order valence-electron chi connectivity index (χ4n) is 3.15. The Morgan fingerprint density at radius 2 is 2.00 bits per heavy atom. The molecule has 2 heterocycles. The van der Waals surface area contributed by atoms with E-state index in [0.29, 0.717) is 24.4 Å². The fourth-order valence-corrected chi connectivity index (χ4v) is 3.91. The lowest BCUT2D eigenvalue weighted by molar-refractivity contribution is -0.142. The summed E-state index contributed by atoms with van der Waals surface area (Å²) >= 11 is 0.957. The van der Waals surface area contributed by atoms with Gasteiger partial charge in [-0.2, -0.15) is 0 Å². The van der Waals surface area contributed by atoms with Gasteiger partial charge in [-0.15, -0.1) is 10.2 Å². The Morgan fingerprint density at radius 1 is 1.32 bits per heavy atom. The molecule has 1 aromatic heterocycles. The van der Waals surface area contributed by atoms with Gasteiger partial charge in [-0.25, -0.2) is 8.78 Å². The normalized spacial score (nSPS) is 19.5. The second-order valence-corrected chi connectivity index (χ2v) is 7.61. The van der Waals surface area contributed by atoms with E-state index in [1.54, 1.807) is 4.90 Å². The van der Waals surface area contributed by atoms with Crippen molar-refractivity contribution in [1.82, 2.24) is 10.2 Å². The number of halogens is 2. The molecule has 2 aromatic rings. The number of morpholine rings is 1. The van der Waals surface area contributed by atoms with Gasteiger partial charge >= 0.3 is 5.97 Å². The van der Waals surface area contributed by atoms with Crippen molar-refractivity contribution >= 4 is 29.3 Å². The largest absolute Gasteiger partial charge is 0.458 e. The third kappa shape index (κ3) is 4.17. The van der Waals surface area contributed by atoms with Crippen molar-refractivity contribution < 1.29 is 27.8 Å². The van der Waals surface area contributed by atoms with Crippen LogP contribution in [0.1, 0.15) is 36.1 Å². The maximum absolute atomic E-state index is 15.0. The standard InChI is InChI=1S/C18H19F2N3O4S/c1-9-5-23(6-10(2)27-9)17-12(7-24)4-13(15(19)16(17)20)18-22-21-14(28-18)8-26-11(3)25/h4,7,9-10H,5-6,8H2,1-3H3. The van der Waals surface area contributed by atoms with E-state index in [-0.39, 0.29) is 40.6 Å². The average molecular weight is 411 g/mol. The average Bonchev–Trinajstić information content (AvgIpc) is 3.09. The van der Waals surface area contributed by atoms with Crippen LogP contribution in [0.2, 0.25) is 0 Å². The van der Waals surface area contributed by atoms with Crippen LogP contribution in [0.5, 0.6) is 0 Å². The van der Waals surface area contributed by atoms with Gasteiger partial charge in [0, 0.05) is 25.6 Å². The number of anilines is 1. The smallest absolute Gasteiger partial charge is 0.303 e. The van der Waals surface area contributed by atoms with E-state index in [0.717, 1.165) is 11.3 Å². The molecule has 28 heavy (non-hydrogen) atoms. The molecule has 2 unspecified atom stereocenters. The highest BCUT2D eigenvalue weighted by atomic mass is 32.1. The Hall–Kier alpha value is -2.46. The first-order chi connectivity index (χ1) is 13.3. The number of aldehydes is 1. The van der Waals surface area contributed by atoms with Crippen molar-refractivity contribution in [2.45, 2.75) is 39.6 Å². The van der Waals surface area contributed by atoms with Crippen molar-refractivity contribution in [3.63, 3.8) is 0 Å². The van der Waals surface area contributed by atoms with E-state index < -0.39 is 17.6 Å². The molecule has 1 aliphatic rings. The van der Waals surface area contributed by atoms with Gasteiger partial charge in [-0.3, -0.25) is 9.59 Å². The summed E-state index contributed by atoms with van der Waals surface area (Å²) in [6, 6.07) is 1.27. The molecule has 7 nitrogen and oxygen atoms in total. The van der Waals surface area contributed by atoms with Gasteiger partial charge in [0.25, 0.3) is 0 Å². The van der Waals surface area contributed by atoms with Crippen molar-refractivity contribution in [2.75, 3.05) is 18.0 Å². The van der Waals surface area contributed by atoms with E-state index in [9.17, 15) is 18.4 Å². The molecule has 0 radical (unpaired) electrons. The van der Waals surface area contributed by atoms with Crippen molar-refractivity contribution in [3.8, 4) is 10.6 Å². The predicted molar refractivity (Wildman–Crippen MR) is 98.3 cm³/mol. The first kappa shape index (κ1) is 20.3. The zero-order chi connectivity index (χ0) is 20.4. The Morgan fingerprint density at radius 3 is 2.61 bits per heavy atom. The molecule has 0 spiro atoms. The topological polar surface area (TPSA) is 81.6 Å². The van der Waals surface area contributed by atoms with Crippen LogP contribution in [0.3, 0.4) is 0 Å². The SMILES string of the molecule is CC(=O)OCc1nnc(-c2cc(C=O)c(N3CC(C)OC(C)C3)c(F)c2F)s1. The number of carbonyl (C=O) groups excluding carboxylic acids is 2. The lowest BCUT2D eigenvalue weighted by Gasteiger charge is -2.37. The zero-order valence-electron chi connectivity index (χ0n) is 15.6. The van der Waals surface area contributed by atoms with Gasteiger partial charge in [0.05, 0.1) is 23.5 Å². The lowest BCUT2D eigenvalue weighted by Crippen LogP contribution is -2.46. The van der Waals surface area contributed by atoms with Gasteiger partial charge < -0.3 is 14.4 Å². The van der Waals surface area contributed by atoms with E-state index in [2.05, 4.69) is 10.2 Å². The Balaban J connectivity index is 1.98. The molecule has 2 atom stereocenters. The van der Waals surface area contributed by atoms with Crippen LogP contribution in [0.15, 0.2) is 6.07 Å². The molecule has 0 N–H and O–H groups in total. The van der Waals surface area contributed by atoms with Gasteiger partial charge in [0.1, 0.15) is 6.61 Å². The Kier molecular flexibility index (Phi) is 5.99. The third-order valence-corrected chi connectivity index (χ3v) is 5.10. The summed E-state index contributed by atoms with van der Waals surface area (Å²) in [4.78, 5) is 24.1. The number of hydrogen-bond donors (Lipinski definition) is 0. The number of ether oxygens (including phenoxy) is 2. The summed E-state index contributed by atoms with van der Waals surface area (Å²) in [5.74, 6) is -2.71. The van der Waals surface area contributed by atoms with Crippen LogP contribution < -0.4 is 4.90 Å². The first-order valence-electron chi connectivity index (χ1n) is 8.63. The molecule has 150 valence electrons. The van der Waals surface area contributed by atoms with Gasteiger partial charge in [0.15, 0.2) is 27.9 Å². The van der Waals surface area contributed by atoms with Crippen LogP contribution in [0.4, 0.5) is 14.5 Å². The fraction of sp³-hybridized carbons (Fsp3) is 0.444. The molecule has 10 heteroatoms. The molecule has 1 saturated heterocycles. The Labute approximate surface area is 164 Å². The number of aromatic nitrogens is 2. The lowest BCUT2D eigenvalue weighted by atomic mass is 10.1. The number of esters is 1. The van der Waals surface area contributed by atoms with Crippen molar-refractivity contribution in [1.29, 1.82) is 0 Å². The maximum atomic E-state index is 15.0. The van der Waals surface area contributed by atoms with E-state index in [1.165, 1.54) is 13.0 Å². The molecular formula is C18H19F2N3O4S. The number of benzene rings is 1. The quantitative estimate of drug-likeness (QED) is 0.553. The highest BCUT2D eigenvalue weighted by Crippen LogP contribution is 2.35. The molecule has 1 fully saturated rings. The minimum Gasteiger partial charge on any atom is -0.458 e. The number of carbonyl (C=O) groups is 2. The summed E-state index contributed by atoms with van der Waals surface area (Å²) in [5, 5.41) is 8.06. The Bertz CT molecular complexity index is 895. The van der Waals surface area contributed by atoms with Crippen molar-refractivity contribution in [2.24, 2.45) is 0 Å². The number of rotatable bonds is 5. The summed E-state index contributed by atoms with van der Waals surface area (Å²) in [5.41, 5.74) is -0.223.